The second kappa shape index (κ2) is 8.31. The Morgan fingerprint density at radius 1 is 1.55 bits per heavy atom. The van der Waals surface area contributed by atoms with Gasteiger partial charge >= 0.3 is 0 Å². The Kier molecular flexibility index (Phi) is 7.06. The van der Waals surface area contributed by atoms with Gasteiger partial charge in [0, 0.05) is 24.2 Å². The number of hydrogen-bond acceptors (Lipinski definition) is 4. The summed E-state index contributed by atoms with van der Waals surface area (Å²) in [6, 6.07) is 4.74. The van der Waals surface area contributed by atoms with Crippen molar-refractivity contribution in [3.8, 4) is 0 Å². The van der Waals surface area contributed by atoms with E-state index in [0.29, 0.717) is 11.6 Å². The molecule has 2 rings (SSSR count). The van der Waals surface area contributed by atoms with Crippen molar-refractivity contribution in [2.24, 2.45) is 0 Å². The molecular weight excluding hydrogens is 329 g/mol. The molecule has 0 bridgehead atoms. The molecule has 0 saturated carbocycles. The van der Waals surface area contributed by atoms with Crippen LogP contribution in [-0.2, 0) is 11.2 Å². The summed E-state index contributed by atoms with van der Waals surface area (Å²) in [5, 5.41) is 17.2. The summed E-state index contributed by atoms with van der Waals surface area (Å²) in [6.45, 7) is 2.98. The molecule has 1 heterocycles. The van der Waals surface area contributed by atoms with Gasteiger partial charge in [0.15, 0.2) is 0 Å². The first-order valence-corrected chi connectivity index (χ1v) is 7.29. The Morgan fingerprint density at radius 3 is 2.86 bits per heavy atom. The minimum Gasteiger partial charge on any atom is -0.353 e. The number of piperidine rings is 1. The third-order valence-corrected chi connectivity index (χ3v) is 3.94. The highest BCUT2D eigenvalue weighted by Crippen LogP contribution is 2.23. The van der Waals surface area contributed by atoms with Crippen LogP contribution in [0.15, 0.2) is 18.2 Å². The predicted octanol–water partition coefficient (Wildman–Crippen LogP) is 2.47. The molecule has 122 valence electrons. The van der Waals surface area contributed by atoms with Gasteiger partial charge in [-0.25, -0.2) is 0 Å². The Hall–Kier alpha value is -1.37. The maximum absolute atomic E-state index is 12.0. The van der Waals surface area contributed by atoms with Gasteiger partial charge in [-0.3, -0.25) is 14.9 Å². The average Bonchev–Trinajstić information content (AvgIpc) is 2.40. The van der Waals surface area contributed by atoms with Crippen LogP contribution in [0, 0.1) is 10.1 Å². The fourth-order valence-electron chi connectivity index (χ4n) is 2.51. The molecule has 6 nitrogen and oxygen atoms in total. The first-order valence-electron chi connectivity index (χ1n) is 6.91. The summed E-state index contributed by atoms with van der Waals surface area (Å²) in [6.07, 6.45) is 1.94. The van der Waals surface area contributed by atoms with E-state index in [1.807, 2.05) is 0 Å². The van der Waals surface area contributed by atoms with Crippen LogP contribution in [0.4, 0.5) is 5.69 Å². The first kappa shape index (κ1) is 18.7. The highest BCUT2D eigenvalue weighted by Gasteiger charge is 2.20. The van der Waals surface area contributed by atoms with Gasteiger partial charge in [0.2, 0.25) is 5.91 Å². The molecule has 0 radical (unpaired) electrons. The lowest BCUT2D eigenvalue weighted by Gasteiger charge is -2.28. The number of nitrogens with one attached hydrogen (secondary N) is 2. The van der Waals surface area contributed by atoms with Crippen LogP contribution >= 0.6 is 24.0 Å². The number of non-ortho nitro benzene ring substituents is 1. The Balaban J connectivity index is 0.00000242. The van der Waals surface area contributed by atoms with Crippen LogP contribution in [0.25, 0.3) is 0 Å². The van der Waals surface area contributed by atoms with Gasteiger partial charge in [-0.2, -0.15) is 0 Å². The topological polar surface area (TPSA) is 84.3 Å². The van der Waals surface area contributed by atoms with Crippen LogP contribution in [0.5, 0.6) is 0 Å². The van der Waals surface area contributed by atoms with Gasteiger partial charge < -0.3 is 10.6 Å². The molecule has 2 N–H and O–H groups in total. The summed E-state index contributed by atoms with van der Waals surface area (Å²) in [4.78, 5) is 22.2. The molecule has 2 atom stereocenters. The second-order valence-corrected chi connectivity index (χ2v) is 5.76. The van der Waals surface area contributed by atoms with Crippen LogP contribution in [0.1, 0.15) is 25.3 Å². The van der Waals surface area contributed by atoms with E-state index in [-0.39, 0.29) is 41.5 Å². The number of nitro groups is 1. The lowest BCUT2D eigenvalue weighted by Crippen LogP contribution is -2.46. The quantitative estimate of drug-likeness (QED) is 0.647. The lowest BCUT2D eigenvalue weighted by atomic mass is 10.0. The molecule has 22 heavy (non-hydrogen) atoms. The van der Waals surface area contributed by atoms with Crippen molar-refractivity contribution < 1.29 is 9.72 Å². The molecule has 1 aromatic rings. The number of carbonyl (C=O) groups excluding carboxylic acids is 1. The zero-order chi connectivity index (χ0) is 15.4. The molecule has 0 aliphatic carbocycles. The van der Waals surface area contributed by atoms with Gasteiger partial charge in [-0.15, -0.1) is 12.4 Å². The largest absolute Gasteiger partial charge is 0.353 e. The van der Waals surface area contributed by atoms with Crippen molar-refractivity contribution >= 4 is 35.6 Å². The van der Waals surface area contributed by atoms with E-state index in [4.69, 9.17) is 11.6 Å². The summed E-state index contributed by atoms with van der Waals surface area (Å²) >= 11 is 5.99. The van der Waals surface area contributed by atoms with Crippen LogP contribution in [-0.4, -0.2) is 29.5 Å². The number of hydrogen-bond donors (Lipinski definition) is 2. The maximum atomic E-state index is 12.0. The molecule has 1 aliphatic heterocycles. The monoisotopic (exact) mass is 347 g/mol. The highest BCUT2D eigenvalue weighted by molar-refractivity contribution is 6.31. The Morgan fingerprint density at radius 2 is 2.27 bits per heavy atom. The van der Waals surface area contributed by atoms with Gasteiger partial charge in [-0.05, 0) is 31.9 Å². The van der Waals surface area contributed by atoms with E-state index in [9.17, 15) is 14.9 Å². The standard InChI is InChI=1S/C14H18ClN3O3.ClH/c1-9-6-11(4-5-16-9)17-14(19)7-10-2-3-12(18(20)21)8-13(10)15;/h2-3,8-9,11,16H,4-7H2,1H3,(H,17,19);1H. The fraction of sp³-hybridized carbons (Fsp3) is 0.500. The molecule has 0 aromatic heterocycles. The minimum atomic E-state index is -0.508. The predicted molar refractivity (Wildman–Crippen MR) is 87.7 cm³/mol. The van der Waals surface area contributed by atoms with Crippen LogP contribution < -0.4 is 10.6 Å². The van der Waals surface area contributed by atoms with Gasteiger partial charge in [0.25, 0.3) is 5.69 Å². The molecule has 1 amide bonds. The summed E-state index contributed by atoms with van der Waals surface area (Å²) in [5.41, 5.74) is 0.526. The number of benzene rings is 1. The smallest absolute Gasteiger partial charge is 0.270 e. The van der Waals surface area contributed by atoms with Crippen LogP contribution in [0.3, 0.4) is 0 Å². The summed E-state index contributed by atoms with van der Waals surface area (Å²) < 4.78 is 0. The molecule has 8 heteroatoms. The van der Waals surface area contributed by atoms with Crippen molar-refractivity contribution in [1.82, 2.24) is 10.6 Å². The van der Waals surface area contributed by atoms with Crippen molar-refractivity contribution in [3.63, 3.8) is 0 Å². The average molecular weight is 348 g/mol. The van der Waals surface area contributed by atoms with E-state index in [2.05, 4.69) is 17.6 Å². The minimum absolute atomic E-state index is 0. The number of nitro benzene ring substituents is 1. The second-order valence-electron chi connectivity index (χ2n) is 5.35. The molecular formula is C14H19Cl2N3O3. The molecule has 0 spiro atoms. The van der Waals surface area contributed by atoms with Crippen LogP contribution in [0.2, 0.25) is 5.02 Å². The molecule has 1 aromatic carbocycles. The zero-order valence-corrected chi connectivity index (χ0v) is 13.7. The van der Waals surface area contributed by atoms with E-state index < -0.39 is 4.92 Å². The van der Waals surface area contributed by atoms with Crippen molar-refractivity contribution in [2.45, 2.75) is 38.3 Å². The Bertz CT molecular complexity index is 554. The van der Waals surface area contributed by atoms with Crippen molar-refractivity contribution in [3.05, 3.63) is 38.9 Å². The van der Waals surface area contributed by atoms with Crippen molar-refractivity contribution in [2.75, 3.05) is 6.54 Å². The molecule has 2 unspecified atom stereocenters. The van der Waals surface area contributed by atoms with E-state index in [1.54, 1.807) is 0 Å². The SMILES string of the molecule is CC1CC(NC(=O)Cc2ccc([N+](=O)[O-])cc2Cl)CCN1.Cl. The molecule has 1 saturated heterocycles. The van der Waals surface area contributed by atoms with Gasteiger partial charge in [-0.1, -0.05) is 17.7 Å². The Labute approximate surface area is 140 Å². The number of rotatable bonds is 4. The number of carbonyl (C=O) groups is 1. The first-order chi connectivity index (χ1) is 9.95. The third-order valence-electron chi connectivity index (χ3n) is 3.59. The zero-order valence-electron chi connectivity index (χ0n) is 12.2. The number of amides is 1. The lowest BCUT2D eigenvalue weighted by molar-refractivity contribution is -0.384. The third kappa shape index (κ3) is 5.12. The summed E-state index contributed by atoms with van der Waals surface area (Å²) in [5.74, 6) is -0.107. The van der Waals surface area contributed by atoms with Gasteiger partial charge in [0.05, 0.1) is 16.4 Å². The normalized spacial score (nSPS) is 20.8. The number of nitrogens with zero attached hydrogens (tertiary/aromatic N) is 1. The molecule has 1 aliphatic rings. The molecule has 1 fully saturated rings. The summed E-state index contributed by atoms with van der Waals surface area (Å²) in [7, 11) is 0. The van der Waals surface area contributed by atoms with Crippen molar-refractivity contribution in [1.29, 1.82) is 0 Å². The van der Waals surface area contributed by atoms with Gasteiger partial charge in [0.1, 0.15) is 0 Å². The van der Waals surface area contributed by atoms with E-state index >= 15 is 0 Å². The highest BCUT2D eigenvalue weighted by atomic mass is 35.5. The number of halogens is 2. The van der Waals surface area contributed by atoms with E-state index in [0.717, 1.165) is 19.4 Å². The fourth-order valence-corrected chi connectivity index (χ4v) is 2.75. The maximum Gasteiger partial charge on any atom is 0.270 e. The van der Waals surface area contributed by atoms with E-state index in [1.165, 1.54) is 18.2 Å².